The zero-order valence-electron chi connectivity index (χ0n) is 18.2. The van der Waals surface area contributed by atoms with Crippen molar-refractivity contribution in [2.45, 2.75) is 0 Å². The normalized spacial score (nSPS) is 13.4. The zero-order valence-corrected chi connectivity index (χ0v) is 19.0. The molecule has 7 nitrogen and oxygen atoms in total. The number of benzene rings is 3. The summed E-state index contributed by atoms with van der Waals surface area (Å²) in [6, 6.07) is 18.7. The van der Waals surface area contributed by atoms with E-state index in [1.54, 1.807) is 66.7 Å². The van der Waals surface area contributed by atoms with Gasteiger partial charge < -0.3 is 19.5 Å². The summed E-state index contributed by atoms with van der Waals surface area (Å²) in [7, 11) is 4.55. The maximum atomic E-state index is 13.6. The Labute approximate surface area is 196 Å². The largest absolute Gasteiger partial charge is 0.495 e. The van der Waals surface area contributed by atoms with E-state index in [0.29, 0.717) is 39.2 Å². The summed E-state index contributed by atoms with van der Waals surface area (Å²) in [5.74, 6) is 0.440. The minimum atomic E-state index is -0.510. The summed E-state index contributed by atoms with van der Waals surface area (Å²) >= 11 is 6.04. The van der Waals surface area contributed by atoms with Crippen LogP contribution in [0, 0.1) is 0 Å². The second-order valence-corrected chi connectivity index (χ2v) is 7.51. The molecule has 2 amide bonds. The van der Waals surface area contributed by atoms with Gasteiger partial charge in [-0.15, -0.1) is 0 Å². The van der Waals surface area contributed by atoms with Gasteiger partial charge in [-0.1, -0.05) is 35.9 Å². The Balaban J connectivity index is 1.83. The molecule has 0 unspecified atom stereocenters. The van der Waals surface area contributed by atoms with Crippen molar-refractivity contribution in [3.05, 3.63) is 83.0 Å². The fourth-order valence-electron chi connectivity index (χ4n) is 3.62. The Kier molecular flexibility index (Phi) is 6.24. The number of halogens is 1. The van der Waals surface area contributed by atoms with Crippen LogP contribution in [0.1, 0.15) is 5.56 Å². The van der Waals surface area contributed by atoms with Crippen molar-refractivity contribution in [1.82, 2.24) is 0 Å². The summed E-state index contributed by atoms with van der Waals surface area (Å²) in [5, 5.41) is 3.63. The highest BCUT2D eigenvalue weighted by Gasteiger charge is 2.41. The van der Waals surface area contributed by atoms with Crippen molar-refractivity contribution in [2.75, 3.05) is 31.5 Å². The third kappa shape index (κ3) is 4.10. The second-order valence-electron chi connectivity index (χ2n) is 7.07. The van der Waals surface area contributed by atoms with Crippen LogP contribution in [0.25, 0.3) is 5.57 Å². The van der Waals surface area contributed by atoms with E-state index in [-0.39, 0.29) is 11.3 Å². The van der Waals surface area contributed by atoms with Gasteiger partial charge in [0.05, 0.1) is 32.6 Å². The van der Waals surface area contributed by atoms with E-state index in [4.69, 9.17) is 25.8 Å². The number of ether oxygens (including phenoxy) is 3. The first-order valence-corrected chi connectivity index (χ1v) is 10.4. The molecule has 3 aromatic carbocycles. The molecule has 1 aliphatic rings. The van der Waals surface area contributed by atoms with Gasteiger partial charge in [-0.2, -0.15) is 0 Å². The molecule has 0 fully saturated rings. The van der Waals surface area contributed by atoms with E-state index in [1.165, 1.54) is 21.3 Å². The van der Waals surface area contributed by atoms with Crippen LogP contribution in [0.5, 0.6) is 17.2 Å². The van der Waals surface area contributed by atoms with Gasteiger partial charge in [0.2, 0.25) is 0 Å². The number of hydrogen-bond acceptors (Lipinski definition) is 6. The first-order chi connectivity index (χ1) is 16.0. The Bertz CT molecular complexity index is 1250. The Hall–Kier alpha value is -3.97. The smallest absolute Gasteiger partial charge is 0.282 e. The third-order valence-corrected chi connectivity index (χ3v) is 5.45. The van der Waals surface area contributed by atoms with Gasteiger partial charge >= 0.3 is 0 Å². The molecule has 0 atom stereocenters. The van der Waals surface area contributed by atoms with Crippen LogP contribution < -0.4 is 24.4 Å². The molecule has 0 bridgehead atoms. The van der Waals surface area contributed by atoms with Crippen LogP contribution in [0.15, 0.2) is 72.4 Å². The first-order valence-electron chi connectivity index (χ1n) is 9.99. The van der Waals surface area contributed by atoms with Crippen molar-refractivity contribution in [2.24, 2.45) is 0 Å². The first kappa shape index (κ1) is 22.2. The molecule has 0 aliphatic carbocycles. The molecule has 1 heterocycles. The van der Waals surface area contributed by atoms with E-state index in [2.05, 4.69) is 5.32 Å². The number of imide groups is 1. The van der Waals surface area contributed by atoms with E-state index >= 15 is 0 Å². The number of amides is 2. The summed E-state index contributed by atoms with van der Waals surface area (Å²) in [4.78, 5) is 28.2. The SMILES string of the molecule is COc1ccc(NC2=C(c3ccc(Cl)cc3)C(=O)N(c3ccccc3OC)C2=O)cc1OC. The number of nitrogens with one attached hydrogen (secondary N) is 1. The van der Waals surface area contributed by atoms with Crippen molar-refractivity contribution in [1.29, 1.82) is 0 Å². The molecule has 8 heteroatoms. The number of rotatable bonds is 7. The topological polar surface area (TPSA) is 77.1 Å². The number of carbonyl (C=O) groups excluding carboxylic acids is 2. The Morgan fingerprint density at radius 1 is 0.758 bits per heavy atom. The quantitative estimate of drug-likeness (QED) is 0.508. The summed E-state index contributed by atoms with van der Waals surface area (Å²) in [6.07, 6.45) is 0. The molecule has 1 N–H and O–H groups in total. The number of nitrogens with zero attached hydrogens (tertiary/aromatic N) is 1. The standard InChI is InChI=1S/C25H21ClN2O5/c1-31-19-7-5-4-6-18(19)28-24(29)22(15-8-10-16(26)11-9-15)23(25(28)30)27-17-12-13-20(32-2)21(14-17)33-3/h4-14,27H,1-3H3. The fourth-order valence-corrected chi connectivity index (χ4v) is 3.75. The number of hydrogen-bond donors (Lipinski definition) is 1. The summed E-state index contributed by atoms with van der Waals surface area (Å²) in [5.41, 5.74) is 1.80. The number of para-hydroxylation sites is 2. The molecule has 168 valence electrons. The predicted molar refractivity (Wildman–Crippen MR) is 127 cm³/mol. The number of carbonyl (C=O) groups is 2. The van der Waals surface area contributed by atoms with E-state index in [0.717, 1.165) is 4.90 Å². The Morgan fingerprint density at radius 3 is 2.09 bits per heavy atom. The van der Waals surface area contributed by atoms with E-state index < -0.39 is 11.8 Å². The molecule has 3 aromatic rings. The monoisotopic (exact) mass is 464 g/mol. The van der Waals surface area contributed by atoms with Gasteiger partial charge in [-0.3, -0.25) is 9.59 Å². The summed E-state index contributed by atoms with van der Waals surface area (Å²) < 4.78 is 16.0. The van der Waals surface area contributed by atoms with Crippen LogP contribution in [0.3, 0.4) is 0 Å². The predicted octanol–water partition coefficient (Wildman–Crippen LogP) is 4.76. The molecule has 4 rings (SSSR count). The van der Waals surface area contributed by atoms with E-state index in [9.17, 15) is 9.59 Å². The van der Waals surface area contributed by atoms with Crippen LogP contribution in [-0.4, -0.2) is 33.1 Å². The average molecular weight is 465 g/mol. The minimum Gasteiger partial charge on any atom is -0.495 e. The van der Waals surface area contributed by atoms with Crippen molar-refractivity contribution >= 4 is 40.4 Å². The molecule has 0 aromatic heterocycles. The van der Waals surface area contributed by atoms with Gasteiger partial charge in [0.1, 0.15) is 11.4 Å². The van der Waals surface area contributed by atoms with Gasteiger partial charge in [0, 0.05) is 16.8 Å². The maximum Gasteiger partial charge on any atom is 0.282 e. The summed E-state index contributed by atoms with van der Waals surface area (Å²) in [6.45, 7) is 0. The van der Waals surface area contributed by atoms with Crippen LogP contribution >= 0.6 is 11.6 Å². The molecule has 0 spiro atoms. The highest BCUT2D eigenvalue weighted by Crippen LogP contribution is 2.39. The lowest BCUT2D eigenvalue weighted by atomic mass is 10.0. The molecular weight excluding hydrogens is 444 g/mol. The Morgan fingerprint density at radius 2 is 1.42 bits per heavy atom. The number of anilines is 2. The second kappa shape index (κ2) is 9.26. The van der Waals surface area contributed by atoms with Crippen LogP contribution in [0.2, 0.25) is 5.02 Å². The van der Waals surface area contributed by atoms with Gasteiger partial charge in [-0.25, -0.2) is 4.90 Å². The molecular formula is C25H21ClN2O5. The highest BCUT2D eigenvalue weighted by molar-refractivity contribution is 6.46. The maximum absolute atomic E-state index is 13.6. The van der Waals surface area contributed by atoms with E-state index in [1.807, 2.05) is 0 Å². The van der Waals surface area contributed by atoms with Crippen LogP contribution in [-0.2, 0) is 9.59 Å². The molecule has 0 saturated heterocycles. The van der Waals surface area contributed by atoms with Gasteiger partial charge in [0.25, 0.3) is 11.8 Å². The van der Waals surface area contributed by atoms with Crippen molar-refractivity contribution < 1.29 is 23.8 Å². The van der Waals surface area contributed by atoms with Crippen molar-refractivity contribution in [3.8, 4) is 17.2 Å². The van der Waals surface area contributed by atoms with Gasteiger partial charge in [0.15, 0.2) is 11.5 Å². The highest BCUT2D eigenvalue weighted by atomic mass is 35.5. The molecule has 33 heavy (non-hydrogen) atoms. The lowest BCUT2D eigenvalue weighted by Crippen LogP contribution is -2.32. The van der Waals surface area contributed by atoms with Crippen molar-refractivity contribution in [3.63, 3.8) is 0 Å². The minimum absolute atomic E-state index is 0.125. The average Bonchev–Trinajstić information content (AvgIpc) is 3.08. The molecule has 0 radical (unpaired) electrons. The third-order valence-electron chi connectivity index (χ3n) is 5.20. The fraction of sp³-hybridized carbons (Fsp3) is 0.120. The zero-order chi connectivity index (χ0) is 23.5. The molecule has 1 aliphatic heterocycles. The van der Waals surface area contributed by atoms with Crippen LogP contribution in [0.4, 0.5) is 11.4 Å². The number of methoxy groups -OCH3 is 3. The molecule has 0 saturated carbocycles. The lowest BCUT2D eigenvalue weighted by molar-refractivity contribution is -0.120. The lowest BCUT2D eigenvalue weighted by Gasteiger charge is -2.18. The van der Waals surface area contributed by atoms with Gasteiger partial charge in [-0.05, 0) is 42.0 Å².